The largest absolute Gasteiger partial charge is 0.497 e. The summed E-state index contributed by atoms with van der Waals surface area (Å²) in [4.78, 5) is 51.5. The number of carbonyl (C=O) groups excluding carboxylic acids is 3. The van der Waals surface area contributed by atoms with Crippen LogP contribution < -0.4 is 4.74 Å². The number of carbonyl (C=O) groups is 3. The average Bonchev–Trinajstić information content (AvgIpc) is 3.72. The first-order valence-corrected chi connectivity index (χ1v) is 12.9. The number of Topliss-reactive ketones (excluding diaryl/α,β-unsaturated/α-hetero) is 1. The monoisotopic (exact) mass is 494 g/mol. The van der Waals surface area contributed by atoms with Gasteiger partial charge in [0.05, 0.1) is 33.4 Å². The van der Waals surface area contributed by atoms with Gasteiger partial charge in [-0.3, -0.25) is 19.3 Å². The second-order valence-electron chi connectivity index (χ2n) is 10.2. The van der Waals surface area contributed by atoms with Crippen molar-refractivity contribution in [2.75, 3.05) is 53.0 Å². The summed E-state index contributed by atoms with van der Waals surface area (Å²) in [5.41, 5.74) is 1.54. The van der Waals surface area contributed by atoms with Crippen molar-refractivity contribution >= 4 is 29.1 Å². The molecule has 2 saturated heterocycles. The van der Waals surface area contributed by atoms with Gasteiger partial charge >= 0.3 is 0 Å². The standard InChI is InChI=1S/C27H34N4O5/c1-35-21-6-4-19(5-7-21)26(33)20-8-11-30(12-9-20)16-25(32)31(14-18-2-3-18)15-24-28-23-10-13-36-17-22(23)27(34)29-24/h4-7,18,20,22H,2-3,8-17H2,1H3. The Bertz CT molecular complexity index is 1050. The van der Waals surface area contributed by atoms with Crippen LogP contribution in [0.15, 0.2) is 34.3 Å². The molecule has 2 amide bonds. The number of ketones is 1. The van der Waals surface area contributed by atoms with Gasteiger partial charge in [-0.15, -0.1) is 0 Å². The molecule has 0 bridgehead atoms. The quantitative estimate of drug-likeness (QED) is 0.488. The van der Waals surface area contributed by atoms with E-state index in [1.54, 1.807) is 7.11 Å². The van der Waals surface area contributed by atoms with Crippen LogP contribution in [0.1, 0.15) is 42.5 Å². The molecule has 0 spiro atoms. The normalized spacial score (nSPS) is 22.9. The maximum Gasteiger partial charge on any atom is 0.258 e. The molecule has 36 heavy (non-hydrogen) atoms. The van der Waals surface area contributed by atoms with E-state index in [0.29, 0.717) is 63.1 Å². The lowest BCUT2D eigenvalue weighted by Gasteiger charge is -2.33. The third kappa shape index (κ3) is 5.90. The van der Waals surface area contributed by atoms with Crippen molar-refractivity contribution in [1.82, 2.24) is 9.80 Å². The number of ether oxygens (including phenoxy) is 2. The second-order valence-corrected chi connectivity index (χ2v) is 10.2. The van der Waals surface area contributed by atoms with Crippen molar-refractivity contribution in [3.8, 4) is 5.75 Å². The van der Waals surface area contributed by atoms with Crippen molar-refractivity contribution in [2.45, 2.75) is 32.1 Å². The van der Waals surface area contributed by atoms with E-state index in [4.69, 9.17) is 9.47 Å². The summed E-state index contributed by atoms with van der Waals surface area (Å²) in [5, 5.41) is 0. The number of piperidine rings is 1. The molecule has 1 aromatic rings. The van der Waals surface area contributed by atoms with Gasteiger partial charge in [-0.05, 0) is 69.0 Å². The van der Waals surface area contributed by atoms with Gasteiger partial charge in [-0.25, -0.2) is 4.99 Å². The number of hydrogen-bond acceptors (Lipinski definition) is 7. The molecule has 1 aliphatic carbocycles. The van der Waals surface area contributed by atoms with Gasteiger partial charge in [0.15, 0.2) is 11.6 Å². The van der Waals surface area contributed by atoms with Gasteiger partial charge in [-0.1, -0.05) is 0 Å². The van der Waals surface area contributed by atoms with Gasteiger partial charge < -0.3 is 14.4 Å². The maximum absolute atomic E-state index is 13.3. The van der Waals surface area contributed by atoms with Crippen LogP contribution in [0.5, 0.6) is 5.75 Å². The van der Waals surface area contributed by atoms with Crippen LogP contribution in [0.4, 0.5) is 0 Å². The fraction of sp³-hybridized carbons (Fsp3) is 0.593. The van der Waals surface area contributed by atoms with Crippen LogP contribution in [-0.4, -0.2) is 92.0 Å². The molecule has 0 radical (unpaired) electrons. The highest BCUT2D eigenvalue weighted by atomic mass is 16.5. The summed E-state index contributed by atoms with van der Waals surface area (Å²) in [6, 6.07) is 7.26. The van der Waals surface area contributed by atoms with Crippen molar-refractivity contribution in [1.29, 1.82) is 0 Å². The number of methoxy groups -OCH3 is 1. The highest BCUT2D eigenvalue weighted by Gasteiger charge is 2.34. The summed E-state index contributed by atoms with van der Waals surface area (Å²) < 4.78 is 10.6. The van der Waals surface area contributed by atoms with Gasteiger partial charge in [0.1, 0.15) is 11.7 Å². The molecule has 3 fully saturated rings. The Morgan fingerprint density at radius 3 is 2.56 bits per heavy atom. The van der Waals surface area contributed by atoms with Crippen LogP contribution >= 0.6 is 0 Å². The van der Waals surface area contributed by atoms with Crippen molar-refractivity contribution in [3.63, 3.8) is 0 Å². The number of hydrogen-bond donors (Lipinski definition) is 0. The molecule has 1 atom stereocenters. The minimum atomic E-state index is -0.364. The number of nitrogens with zero attached hydrogens (tertiary/aromatic N) is 4. The highest BCUT2D eigenvalue weighted by Crippen LogP contribution is 2.30. The Kier molecular flexibility index (Phi) is 7.57. The van der Waals surface area contributed by atoms with Gasteiger partial charge in [0.2, 0.25) is 5.91 Å². The second kappa shape index (κ2) is 11.0. The predicted octanol–water partition coefficient (Wildman–Crippen LogP) is 2.24. The van der Waals surface area contributed by atoms with Crippen molar-refractivity contribution in [2.24, 2.45) is 27.7 Å². The SMILES string of the molecule is COc1ccc(C(=O)C2CCN(CC(=O)N(CC3=NC(=O)C4COCCC4=N3)CC3CC3)CC2)cc1. The summed E-state index contributed by atoms with van der Waals surface area (Å²) >= 11 is 0. The smallest absolute Gasteiger partial charge is 0.258 e. The molecular weight excluding hydrogens is 460 g/mol. The van der Waals surface area contributed by atoms with E-state index in [2.05, 4.69) is 14.9 Å². The minimum absolute atomic E-state index is 0.0295. The van der Waals surface area contributed by atoms with E-state index >= 15 is 0 Å². The van der Waals surface area contributed by atoms with Crippen molar-refractivity contribution in [3.05, 3.63) is 29.8 Å². The number of rotatable bonds is 9. The van der Waals surface area contributed by atoms with E-state index in [-0.39, 0.29) is 36.0 Å². The summed E-state index contributed by atoms with van der Waals surface area (Å²) in [6.07, 6.45) is 4.36. The number of amidine groups is 1. The van der Waals surface area contributed by atoms with E-state index in [1.807, 2.05) is 29.2 Å². The summed E-state index contributed by atoms with van der Waals surface area (Å²) in [7, 11) is 1.61. The van der Waals surface area contributed by atoms with Crippen LogP contribution in [0.2, 0.25) is 0 Å². The molecule has 0 aromatic heterocycles. The molecule has 0 N–H and O–H groups in total. The fourth-order valence-electron chi connectivity index (χ4n) is 5.14. The molecule has 5 rings (SSSR count). The maximum atomic E-state index is 13.3. The fourth-order valence-corrected chi connectivity index (χ4v) is 5.14. The molecule has 1 unspecified atom stereocenters. The van der Waals surface area contributed by atoms with Crippen LogP contribution in [0.3, 0.4) is 0 Å². The molecule has 3 heterocycles. The number of fused-ring (bicyclic) bond motifs is 1. The summed E-state index contributed by atoms with van der Waals surface area (Å²) in [6.45, 7) is 3.58. The average molecular weight is 495 g/mol. The van der Waals surface area contributed by atoms with Crippen LogP contribution in [0, 0.1) is 17.8 Å². The lowest BCUT2D eigenvalue weighted by Crippen LogP contribution is -2.47. The molecular formula is C27H34N4O5. The number of benzene rings is 1. The van der Waals surface area contributed by atoms with Gasteiger partial charge in [-0.2, -0.15) is 4.99 Å². The molecule has 3 aliphatic heterocycles. The van der Waals surface area contributed by atoms with Crippen LogP contribution in [-0.2, 0) is 14.3 Å². The van der Waals surface area contributed by atoms with Crippen molar-refractivity contribution < 1.29 is 23.9 Å². The third-order valence-corrected chi connectivity index (χ3v) is 7.55. The molecule has 9 heteroatoms. The molecule has 9 nitrogen and oxygen atoms in total. The first-order valence-electron chi connectivity index (χ1n) is 12.9. The Labute approximate surface area is 211 Å². The van der Waals surface area contributed by atoms with E-state index in [0.717, 1.165) is 37.1 Å². The first kappa shape index (κ1) is 24.8. The summed E-state index contributed by atoms with van der Waals surface area (Å²) in [5.74, 6) is 1.28. The molecule has 192 valence electrons. The van der Waals surface area contributed by atoms with Crippen LogP contribution in [0.25, 0.3) is 0 Å². The lowest BCUT2D eigenvalue weighted by molar-refractivity contribution is -0.132. The third-order valence-electron chi connectivity index (χ3n) is 7.55. The Morgan fingerprint density at radius 2 is 1.86 bits per heavy atom. The predicted molar refractivity (Wildman–Crippen MR) is 135 cm³/mol. The Hall–Kier alpha value is -2.91. The van der Waals surface area contributed by atoms with E-state index in [9.17, 15) is 14.4 Å². The number of likely N-dealkylation sites (tertiary alicyclic amines) is 1. The van der Waals surface area contributed by atoms with E-state index in [1.165, 1.54) is 0 Å². The number of aliphatic imine (C=N–C) groups is 2. The number of amides is 2. The Morgan fingerprint density at radius 1 is 1.11 bits per heavy atom. The topological polar surface area (TPSA) is 101 Å². The van der Waals surface area contributed by atoms with Gasteiger partial charge in [0, 0.05) is 30.2 Å². The minimum Gasteiger partial charge on any atom is -0.497 e. The van der Waals surface area contributed by atoms with E-state index < -0.39 is 0 Å². The molecule has 1 aromatic carbocycles. The highest BCUT2D eigenvalue weighted by molar-refractivity contribution is 6.17. The zero-order valence-electron chi connectivity index (χ0n) is 20.9. The lowest BCUT2D eigenvalue weighted by atomic mass is 9.89. The molecule has 4 aliphatic rings. The zero-order chi connectivity index (χ0) is 25.1. The van der Waals surface area contributed by atoms with Gasteiger partial charge in [0.25, 0.3) is 5.91 Å². The Balaban J connectivity index is 1.16. The molecule has 1 saturated carbocycles. The first-order chi connectivity index (χ1) is 17.5. The zero-order valence-corrected chi connectivity index (χ0v) is 20.9.